The fraction of sp³-hybridized carbons (Fsp3) is 0.389. The lowest BCUT2D eigenvalue weighted by Gasteiger charge is -2.19. The smallest absolute Gasteiger partial charge is 0.229 e. The molecule has 2 rings (SSSR count). The maximum Gasteiger partial charge on any atom is 0.229 e. The molecule has 0 unspecified atom stereocenters. The van der Waals surface area contributed by atoms with Gasteiger partial charge in [0.05, 0.1) is 0 Å². The van der Waals surface area contributed by atoms with Crippen LogP contribution in [0.5, 0.6) is 0 Å². The number of aromatic nitrogens is 2. The van der Waals surface area contributed by atoms with Gasteiger partial charge in [-0.05, 0) is 31.5 Å². The lowest BCUT2D eigenvalue weighted by molar-refractivity contribution is -0.114. The summed E-state index contributed by atoms with van der Waals surface area (Å²) in [5.41, 5.74) is 2.47. The van der Waals surface area contributed by atoms with Gasteiger partial charge in [0.15, 0.2) is 0 Å². The number of carbonyl (C=O) groups excluding carboxylic acids is 1. The Labute approximate surface area is 143 Å². The van der Waals surface area contributed by atoms with Gasteiger partial charge in [0.1, 0.15) is 5.82 Å². The Morgan fingerprint density at radius 3 is 2.67 bits per heavy atom. The van der Waals surface area contributed by atoms with Crippen LogP contribution >= 0.6 is 0 Å². The highest BCUT2D eigenvalue weighted by Gasteiger charge is 2.07. The Kier molecular flexibility index (Phi) is 6.12. The summed E-state index contributed by atoms with van der Waals surface area (Å²) in [6, 6.07) is 9.46. The lowest BCUT2D eigenvalue weighted by Crippen LogP contribution is -2.20. The molecule has 1 aromatic carbocycles. The Hall–Kier alpha value is -2.63. The number of unbranched alkanes of at least 4 members (excludes halogenated alkanes) is 1. The van der Waals surface area contributed by atoms with E-state index >= 15 is 0 Å². The van der Waals surface area contributed by atoms with Gasteiger partial charge in [-0.25, -0.2) is 4.98 Å². The molecule has 1 aromatic heterocycles. The highest BCUT2D eigenvalue weighted by Crippen LogP contribution is 2.20. The Bertz CT molecular complexity index is 702. The zero-order valence-corrected chi connectivity index (χ0v) is 14.8. The largest absolute Gasteiger partial charge is 0.360 e. The number of anilines is 4. The number of amides is 1. The van der Waals surface area contributed by atoms with E-state index in [2.05, 4.69) is 32.4 Å². The normalized spacial score (nSPS) is 10.3. The van der Waals surface area contributed by atoms with E-state index in [-0.39, 0.29) is 5.91 Å². The standard InChI is InChI=1S/C18H25N5O/c1-5-6-10-23(4)17-11-13(2)19-18(22-17)21-16-9-7-8-15(12-16)20-14(3)24/h7-9,11-12H,5-6,10H2,1-4H3,(H,20,24)(H,19,21,22). The van der Waals surface area contributed by atoms with Crippen molar-refractivity contribution in [3.05, 3.63) is 36.0 Å². The number of rotatable bonds is 7. The monoisotopic (exact) mass is 327 g/mol. The zero-order chi connectivity index (χ0) is 17.5. The maximum atomic E-state index is 11.2. The molecule has 24 heavy (non-hydrogen) atoms. The highest BCUT2D eigenvalue weighted by atomic mass is 16.1. The molecule has 2 N–H and O–H groups in total. The number of hydrogen-bond donors (Lipinski definition) is 2. The summed E-state index contributed by atoms with van der Waals surface area (Å²) in [4.78, 5) is 22.3. The van der Waals surface area contributed by atoms with Crippen LogP contribution in [0.3, 0.4) is 0 Å². The van der Waals surface area contributed by atoms with Crippen LogP contribution in [-0.2, 0) is 4.79 Å². The minimum absolute atomic E-state index is 0.0983. The molecule has 0 saturated heterocycles. The highest BCUT2D eigenvalue weighted by molar-refractivity contribution is 5.89. The van der Waals surface area contributed by atoms with Crippen LogP contribution < -0.4 is 15.5 Å². The molecule has 0 radical (unpaired) electrons. The fourth-order valence-corrected chi connectivity index (χ4v) is 2.32. The van der Waals surface area contributed by atoms with Crippen LogP contribution in [0.1, 0.15) is 32.4 Å². The molecule has 0 aliphatic rings. The zero-order valence-electron chi connectivity index (χ0n) is 14.8. The number of aryl methyl sites for hydroxylation is 1. The third-order valence-electron chi connectivity index (χ3n) is 3.52. The summed E-state index contributed by atoms with van der Waals surface area (Å²) < 4.78 is 0. The van der Waals surface area contributed by atoms with Crippen LogP contribution in [0, 0.1) is 6.92 Å². The van der Waals surface area contributed by atoms with Gasteiger partial charge in [0.2, 0.25) is 11.9 Å². The van der Waals surface area contributed by atoms with E-state index in [0.29, 0.717) is 5.95 Å². The summed E-state index contributed by atoms with van der Waals surface area (Å²) >= 11 is 0. The van der Waals surface area contributed by atoms with Crippen LogP contribution in [-0.4, -0.2) is 29.5 Å². The van der Waals surface area contributed by atoms with Crippen molar-refractivity contribution in [1.29, 1.82) is 0 Å². The first-order valence-electron chi connectivity index (χ1n) is 8.19. The second-order valence-corrected chi connectivity index (χ2v) is 5.85. The summed E-state index contributed by atoms with van der Waals surface area (Å²) in [5, 5.41) is 5.98. The van der Waals surface area contributed by atoms with Crippen molar-refractivity contribution in [3.8, 4) is 0 Å². The molecule has 0 bridgehead atoms. The van der Waals surface area contributed by atoms with Gasteiger partial charge in [0, 0.05) is 43.7 Å². The first-order valence-corrected chi connectivity index (χ1v) is 8.19. The minimum Gasteiger partial charge on any atom is -0.360 e. The quantitative estimate of drug-likeness (QED) is 0.811. The third-order valence-corrected chi connectivity index (χ3v) is 3.52. The molecule has 6 nitrogen and oxygen atoms in total. The molecule has 6 heteroatoms. The molecule has 1 heterocycles. The van der Waals surface area contributed by atoms with Crippen molar-refractivity contribution in [2.24, 2.45) is 0 Å². The van der Waals surface area contributed by atoms with Gasteiger partial charge in [-0.15, -0.1) is 0 Å². The fourth-order valence-electron chi connectivity index (χ4n) is 2.32. The van der Waals surface area contributed by atoms with Crippen molar-refractivity contribution >= 4 is 29.0 Å². The van der Waals surface area contributed by atoms with Crippen LogP contribution in [0.25, 0.3) is 0 Å². The van der Waals surface area contributed by atoms with Crippen LogP contribution in [0.2, 0.25) is 0 Å². The van der Waals surface area contributed by atoms with Gasteiger partial charge in [0.25, 0.3) is 0 Å². The van der Waals surface area contributed by atoms with Crippen LogP contribution in [0.4, 0.5) is 23.1 Å². The van der Waals surface area contributed by atoms with Crippen molar-refractivity contribution in [1.82, 2.24) is 9.97 Å². The van der Waals surface area contributed by atoms with E-state index in [0.717, 1.165) is 42.3 Å². The van der Waals surface area contributed by atoms with E-state index in [4.69, 9.17) is 0 Å². The van der Waals surface area contributed by atoms with Crippen molar-refractivity contribution in [2.45, 2.75) is 33.6 Å². The topological polar surface area (TPSA) is 70.2 Å². The van der Waals surface area contributed by atoms with E-state index < -0.39 is 0 Å². The molecular formula is C18H25N5O. The number of benzene rings is 1. The van der Waals surface area contributed by atoms with Gasteiger partial charge < -0.3 is 15.5 Å². The summed E-state index contributed by atoms with van der Waals surface area (Å²) in [6.45, 7) is 6.58. The van der Waals surface area contributed by atoms with Gasteiger partial charge >= 0.3 is 0 Å². The predicted molar refractivity (Wildman–Crippen MR) is 99.0 cm³/mol. The van der Waals surface area contributed by atoms with E-state index in [1.165, 1.54) is 6.92 Å². The molecule has 0 atom stereocenters. The second-order valence-electron chi connectivity index (χ2n) is 5.85. The molecule has 128 valence electrons. The van der Waals surface area contributed by atoms with Gasteiger partial charge in [-0.2, -0.15) is 4.98 Å². The van der Waals surface area contributed by atoms with Crippen molar-refractivity contribution < 1.29 is 4.79 Å². The predicted octanol–water partition coefficient (Wildman–Crippen LogP) is 3.72. The summed E-state index contributed by atoms with van der Waals surface area (Å²) in [7, 11) is 2.04. The number of hydrogen-bond acceptors (Lipinski definition) is 5. The maximum absolute atomic E-state index is 11.2. The van der Waals surface area contributed by atoms with E-state index in [9.17, 15) is 4.79 Å². The van der Waals surface area contributed by atoms with E-state index in [1.807, 2.05) is 44.3 Å². The SMILES string of the molecule is CCCCN(C)c1cc(C)nc(Nc2cccc(NC(C)=O)c2)n1. The van der Waals surface area contributed by atoms with Crippen molar-refractivity contribution in [3.63, 3.8) is 0 Å². The van der Waals surface area contributed by atoms with Crippen molar-refractivity contribution in [2.75, 3.05) is 29.1 Å². The summed E-state index contributed by atoms with van der Waals surface area (Å²) in [5.74, 6) is 1.35. The molecule has 2 aromatic rings. The number of carbonyl (C=O) groups is 1. The minimum atomic E-state index is -0.0983. The lowest BCUT2D eigenvalue weighted by atomic mass is 10.2. The molecule has 0 aliphatic carbocycles. The van der Waals surface area contributed by atoms with Crippen LogP contribution in [0.15, 0.2) is 30.3 Å². The number of nitrogens with zero attached hydrogens (tertiary/aromatic N) is 3. The van der Waals surface area contributed by atoms with E-state index in [1.54, 1.807) is 0 Å². The molecule has 1 amide bonds. The Morgan fingerprint density at radius 1 is 1.21 bits per heavy atom. The number of nitrogens with one attached hydrogen (secondary N) is 2. The van der Waals surface area contributed by atoms with Gasteiger partial charge in [-0.1, -0.05) is 19.4 Å². The molecule has 0 fully saturated rings. The molecular weight excluding hydrogens is 302 g/mol. The second kappa shape index (κ2) is 8.29. The average molecular weight is 327 g/mol. The average Bonchev–Trinajstić information content (AvgIpc) is 2.51. The first-order chi connectivity index (χ1) is 11.5. The third kappa shape index (κ3) is 5.22. The first kappa shape index (κ1) is 17.7. The molecule has 0 spiro atoms. The molecule has 0 saturated carbocycles. The Morgan fingerprint density at radius 2 is 1.96 bits per heavy atom. The molecule has 0 aliphatic heterocycles. The summed E-state index contributed by atoms with van der Waals surface area (Å²) in [6.07, 6.45) is 2.27. The van der Waals surface area contributed by atoms with Gasteiger partial charge in [-0.3, -0.25) is 4.79 Å². The Balaban J connectivity index is 2.17.